The topological polar surface area (TPSA) is 131 Å². The highest BCUT2D eigenvalue weighted by molar-refractivity contribution is 7.89. The number of aryl methyl sites for hydroxylation is 1. The summed E-state index contributed by atoms with van der Waals surface area (Å²) in [6, 6.07) is 6.69. The molecule has 0 aliphatic carbocycles. The lowest BCUT2D eigenvalue weighted by Gasteiger charge is -2.34. The van der Waals surface area contributed by atoms with E-state index in [0.29, 0.717) is 43.3 Å². The zero-order chi connectivity index (χ0) is 24.2. The van der Waals surface area contributed by atoms with Gasteiger partial charge in [0.1, 0.15) is 17.6 Å². The Morgan fingerprint density at radius 3 is 2.33 bits per heavy atom. The average Bonchev–Trinajstić information content (AvgIpc) is 3.21. The monoisotopic (exact) mass is 478 g/mol. The Kier molecular flexibility index (Phi) is 7.75. The van der Waals surface area contributed by atoms with Gasteiger partial charge in [-0.3, -0.25) is 9.59 Å². The first-order chi connectivity index (χ1) is 15.6. The maximum Gasteiger partial charge on any atom is 0.241 e. The standard InChI is InChI=1S/C22H30N4O6S/c1-14(2)20(25-33(29,30)18-7-5-17(31-4)6-8-18)22(28)26-11-9-16(10-12-26)21(27)23-19-13-15(3)32-24-19/h5-8,13-14,16,20,25H,9-12H2,1-4H3,(H,23,24,27)/t20-/m0/s1. The fourth-order valence-corrected chi connectivity index (χ4v) is 5.01. The van der Waals surface area contributed by atoms with Gasteiger partial charge in [0.05, 0.1) is 12.0 Å². The molecular formula is C22H30N4O6S. The molecule has 1 aliphatic heterocycles. The van der Waals surface area contributed by atoms with Crippen molar-refractivity contribution in [1.29, 1.82) is 0 Å². The summed E-state index contributed by atoms with van der Waals surface area (Å²) < 4.78 is 38.3. The van der Waals surface area contributed by atoms with E-state index in [1.54, 1.807) is 43.9 Å². The van der Waals surface area contributed by atoms with E-state index in [-0.39, 0.29) is 28.5 Å². The predicted molar refractivity (Wildman–Crippen MR) is 121 cm³/mol. The Hall–Kier alpha value is -2.92. The van der Waals surface area contributed by atoms with Crippen LogP contribution in [0.2, 0.25) is 0 Å². The second-order valence-corrected chi connectivity index (χ2v) is 10.1. The molecule has 2 aromatic rings. The first kappa shape index (κ1) is 24.7. The molecule has 1 fully saturated rings. The molecule has 0 spiro atoms. The molecule has 2 amide bonds. The number of nitrogens with zero attached hydrogens (tertiary/aromatic N) is 2. The van der Waals surface area contributed by atoms with Crippen LogP contribution in [0.1, 0.15) is 32.4 Å². The van der Waals surface area contributed by atoms with Gasteiger partial charge in [-0.15, -0.1) is 0 Å². The van der Waals surface area contributed by atoms with Gasteiger partial charge in [0, 0.05) is 25.1 Å². The van der Waals surface area contributed by atoms with Crippen LogP contribution >= 0.6 is 0 Å². The number of anilines is 1. The number of carbonyl (C=O) groups excluding carboxylic acids is 2. The van der Waals surface area contributed by atoms with Crippen LogP contribution in [0.15, 0.2) is 39.8 Å². The lowest BCUT2D eigenvalue weighted by atomic mass is 9.94. The molecule has 1 atom stereocenters. The Morgan fingerprint density at radius 2 is 1.82 bits per heavy atom. The number of benzene rings is 1. The summed E-state index contributed by atoms with van der Waals surface area (Å²) in [7, 11) is -2.41. The SMILES string of the molecule is COc1ccc(S(=O)(=O)N[C@H](C(=O)N2CCC(C(=O)Nc3cc(C)on3)CC2)C(C)C)cc1. The van der Waals surface area contributed by atoms with E-state index in [9.17, 15) is 18.0 Å². The Labute approximate surface area is 193 Å². The molecular weight excluding hydrogens is 448 g/mol. The lowest BCUT2D eigenvalue weighted by molar-refractivity contribution is -0.137. The number of aromatic nitrogens is 1. The summed E-state index contributed by atoms with van der Waals surface area (Å²) in [6.45, 7) is 6.05. The van der Waals surface area contributed by atoms with Gasteiger partial charge in [-0.05, 0) is 49.9 Å². The number of ether oxygens (including phenoxy) is 1. The molecule has 0 saturated carbocycles. The maximum absolute atomic E-state index is 13.2. The fraction of sp³-hybridized carbons (Fsp3) is 0.500. The van der Waals surface area contributed by atoms with E-state index in [2.05, 4.69) is 15.2 Å². The van der Waals surface area contributed by atoms with E-state index in [4.69, 9.17) is 9.26 Å². The molecule has 2 N–H and O–H groups in total. The molecule has 11 heteroatoms. The molecule has 1 aromatic carbocycles. The van der Waals surface area contributed by atoms with E-state index in [1.165, 1.54) is 19.2 Å². The van der Waals surface area contributed by atoms with Gasteiger partial charge in [-0.25, -0.2) is 8.42 Å². The Balaban J connectivity index is 1.61. The zero-order valence-electron chi connectivity index (χ0n) is 19.2. The minimum Gasteiger partial charge on any atom is -0.497 e. The third-order valence-corrected chi connectivity index (χ3v) is 7.10. The highest BCUT2D eigenvalue weighted by atomic mass is 32.2. The minimum absolute atomic E-state index is 0.0558. The van der Waals surface area contributed by atoms with E-state index < -0.39 is 16.1 Å². The molecule has 180 valence electrons. The number of amides is 2. The molecule has 1 aromatic heterocycles. The number of piperidine rings is 1. The number of rotatable bonds is 8. The van der Waals surface area contributed by atoms with Crippen LogP contribution in [0.3, 0.4) is 0 Å². The highest BCUT2D eigenvalue weighted by Crippen LogP contribution is 2.22. The van der Waals surface area contributed by atoms with Crippen LogP contribution < -0.4 is 14.8 Å². The fourth-order valence-electron chi connectivity index (χ4n) is 3.67. The van der Waals surface area contributed by atoms with Crippen molar-refractivity contribution in [2.75, 3.05) is 25.5 Å². The van der Waals surface area contributed by atoms with Crippen molar-refractivity contribution in [1.82, 2.24) is 14.8 Å². The molecule has 2 heterocycles. The van der Waals surface area contributed by atoms with Gasteiger partial charge in [0.15, 0.2) is 5.82 Å². The smallest absolute Gasteiger partial charge is 0.241 e. The van der Waals surface area contributed by atoms with Gasteiger partial charge >= 0.3 is 0 Å². The first-order valence-electron chi connectivity index (χ1n) is 10.8. The summed E-state index contributed by atoms with van der Waals surface area (Å²) in [5.41, 5.74) is 0. The number of carbonyl (C=O) groups is 2. The van der Waals surface area contributed by atoms with Crippen LogP contribution in [0.4, 0.5) is 5.82 Å². The van der Waals surface area contributed by atoms with E-state index >= 15 is 0 Å². The number of hydrogen-bond donors (Lipinski definition) is 2. The molecule has 33 heavy (non-hydrogen) atoms. The normalized spacial score (nSPS) is 16.0. The number of methoxy groups -OCH3 is 1. The molecule has 1 saturated heterocycles. The predicted octanol–water partition coefficient (Wildman–Crippen LogP) is 2.17. The third-order valence-electron chi connectivity index (χ3n) is 5.64. The van der Waals surface area contributed by atoms with Gasteiger partial charge < -0.3 is 19.5 Å². The molecule has 3 rings (SSSR count). The van der Waals surface area contributed by atoms with Gasteiger partial charge in [0.25, 0.3) is 0 Å². The van der Waals surface area contributed by atoms with Crippen LogP contribution in [0, 0.1) is 18.8 Å². The number of sulfonamides is 1. The average molecular weight is 479 g/mol. The molecule has 1 aliphatic rings. The maximum atomic E-state index is 13.2. The summed E-state index contributed by atoms with van der Waals surface area (Å²) in [5, 5.41) is 6.49. The van der Waals surface area contributed by atoms with Crippen molar-refractivity contribution < 1.29 is 27.3 Å². The Bertz CT molecular complexity index is 1070. The summed E-state index contributed by atoms with van der Waals surface area (Å²) in [6.07, 6.45) is 0.953. The number of nitrogens with one attached hydrogen (secondary N) is 2. The first-order valence-corrected chi connectivity index (χ1v) is 12.3. The second kappa shape index (κ2) is 10.3. The molecule has 0 unspecified atom stereocenters. The van der Waals surface area contributed by atoms with Crippen LogP contribution in [-0.2, 0) is 19.6 Å². The summed E-state index contributed by atoms with van der Waals surface area (Å²) >= 11 is 0. The largest absolute Gasteiger partial charge is 0.497 e. The van der Waals surface area contributed by atoms with Crippen molar-refractivity contribution in [3.8, 4) is 5.75 Å². The minimum atomic E-state index is -3.90. The molecule has 0 radical (unpaired) electrons. The van der Waals surface area contributed by atoms with Gasteiger partial charge in [-0.1, -0.05) is 19.0 Å². The van der Waals surface area contributed by atoms with E-state index in [1.807, 2.05) is 0 Å². The van der Waals surface area contributed by atoms with Crippen molar-refractivity contribution in [3.63, 3.8) is 0 Å². The lowest BCUT2D eigenvalue weighted by Crippen LogP contribution is -2.53. The zero-order valence-corrected chi connectivity index (χ0v) is 20.0. The van der Waals surface area contributed by atoms with Crippen molar-refractivity contribution in [3.05, 3.63) is 36.1 Å². The second-order valence-electron chi connectivity index (χ2n) is 8.43. The van der Waals surface area contributed by atoms with Crippen LogP contribution in [-0.4, -0.2) is 56.5 Å². The third kappa shape index (κ3) is 6.11. The Morgan fingerprint density at radius 1 is 1.18 bits per heavy atom. The van der Waals surface area contributed by atoms with Gasteiger partial charge in [-0.2, -0.15) is 4.72 Å². The van der Waals surface area contributed by atoms with Crippen molar-refractivity contribution in [2.45, 2.75) is 44.6 Å². The van der Waals surface area contributed by atoms with Crippen molar-refractivity contribution in [2.24, 2.45) is 11.8 Å². The quantitative estimate of drug-likeness (QED) is 0.594. The molecule has 0 bridgehead atoms. The summed E-state index contributed by atoms with van der Waals surface area (Å²) in [4.78, 5) is 27.3. The van der Waals surface area contributed by atoms with Crippen LogP contribution in [0.25, 0.3) is 0 Å². The van der Waals surface area contributed by atoms with E-state index in [0.717, 1.165) is 0 Å². The highest BCUT2D eigenvalue weighted by Gasteiger charge is 2.34. The van der Waals surface area contributed by atoms with Gasteiger partial charge in [0.2, 0.25) is 21.8 Å². The molecule has 10 nitrogen and oxygen atoms in total. The van der Waals surface area contributed by atoms with Crippen LogP contribution in [0.5, 0.6) is 5.75 Å². The number of likely N-dealkylation sites (tertiary alicyclic amines) is 1. The summed E-state index contributed by atoms with van der Waals surface area (Å²) in [5.74, 6) is 0.507. The van der Waals surface area contributed by atoms with Crippen molar-refractivity contribution >= 4 is 27.7 Å². The number of hydrogen-bond acceptors (Lipinski definition) is 7.